The molecule has 0 amide bonds. The zero-order chi connectivity index (χ0) is 37.7. The smallest absolute Gasteiger partial charge is 0.252 e. The lowest BCUT2D eigenvalue weighted by atomic mass is 9.33. The lowest BCUT2D eigenvalue weighted by Gasteiger charge is -2.37. The largest absolute Gasteiger partial charge is 0.356 e. The highest BCUT2D eigenvalue weighted by molar-refractivity contribution is 7.00. The van der Waals surface area contributed by atoms with E-state index in [1.54, 1.807) is 0 Å². The highest BCUT2D eigenvalue weighted by Gasteiger charge is 2.41. The van der Waals surface area contributed by atoms with Crippen molar-refractivity contribution in [3.8, 4) is 27.9 Å². The molecule has 1 aromatic heterocycles. The van der Waals surface area contributed by atoms with E-state index >= 15 is 0 Å². The first-order chi connectivity index (χ1) is 25.9. The number of hydrogen-bond acceptors (Lipinski definition) is 1. The molecule has 6 aromatic carbocycles. The minimum absolute atomic E-state index is 0.0324. The van der Waals surface area contributed by atoms with Crippen LogP contribution in [0.15, 0.2) is 97.1 Å². The van der Waals surface area contributed by atoms with Gasteiger partial charge in [0.2, 0.25) is 0 Å². The number of nitrogens with zero attached hydrogens (tertiary/aromatic N) is 2. The minimum Gasteiger partial charge on any atom is -0.356 e. The molecule has 0 spiro atoms. The van der Waals surface area contributed by atoms with Gasteiger partial charge < -0.3 is 9.88 Å². The lowest BCUT2D eigenvalue weighted by molar-refractivity contribution is 0.865. The van der Waals surface area contributed by atoms with Gasteiger partial charge in [0.25, 0.3) is 6.71 Å². The number of rotatable bonds is 6. The Balaban J connectivity index is 1.46. The van der Waals surface area contributed by atoms with E-state index in [2.05, 4.69) is 162 Å². The van der Waals surface area contributed by atoms with Crippen LogP contribution in [0.1, 0.15) is 107 Å². The monoisotopic (exact) mass is 701 g/mol. The topological polar surface area (TPSA) is 21.3 Å². The Bertz CT molecular complexity index is 2730. The quantitative estimate of drug-likeness (QED) is 0.135. The summed E-state index contributed by atoms with van der Waals surface area (Å²) in [5.41, 5.74) is 22.0. The maximum atomic E-state index is 8.09. The molecule has 2 aliphatic rings. The van der Waals surface area contributed by atoms with Crippen LogP contribution in [0.5, 0.6) is 0 Å². The second-order valence-electron chi connectivity index (χ2n) is 17.0. The number of nitrogens with one attached hydrogen (secondary N) is 1. The number of para-hydroxylation sites is 1. The van der Waals surface area contributed by atoms with Crippen molar-refractivity contribution < 1.29 is 0 Å². The summed E-state index contributed by atoms with van der Waals surface area (Å²) < 4.78 is 2.55. The van der Waals surface area contributed by atoms with E-state index in [1.165, 1.54) is 88.5 Å². The van der Waals surface area contributed by atoms with Crippen LogP contribution in [0.2, 0.25) is 0 Å². The molecule has 0 saturated carbocycles. The van der Waals surface area contributed by atoms with Crippen molar-refractivity contribution in [2.45, 2.75) is 86.0 Å². The third-order valence-corrected chi connectivity index (χ3v) is 12.3. The van der Waals surface area contributed by atoms with Crippen molar-refractivity contribution in [2.24, 2.45) is 0 Å². The van der Waals surface area contributed by atoms with Crippen molar-refractivity contribution in [3.05, 3.63) is 136 Å². The SMILES string of the molecule is [C-]#[N+]c1ccccc1-c1cc2c3c(c1)-n1c4ccc(C(C)C)cc4c4cc(C(C)C)cc(c41)B3c1cc(C(C)C)cc(-c3cc(C(C)C)ccc3C)c1N2. The van der Waals surface area contributed by atoms with Crippen molar-refractivity contribution in [1.82, 2.24) is 4.57 Å². The van der Waals surface area contributed by atoms with Crippen LogP contribution in [-0.4, -0.2) is 11.3 Å². The van der Waals surface area contributed by atoms with E-state index in [0.29, 0.717) is 29.4 Å². The number of anilines is 2. The van der Waals surface area contributed by atoms with Gasteiger partial charge in [-0.3, -0.25) is 0 Å². The summed E-state index contributed by atoms with van der Waals surface area (Å²) in [4.78, 5) is 3.98. The third-order valence-electron chi connectivity index (χ3n) is 12.3. The van der Waals surface area contributed by atoms with Gasteiger partial charge in [-0.05, 0) is 128 Å². The molecule has 0 unspecified atom stereocenters. The molecule has 0 fully saturated rings. The van der Waals surface area contributed by atoms with Gasteiger partial charge in [0.15, 0.2) is 5.69 Å². The van der Waals surface area contributed by atoms with E-state index in [1.807, 2.05) is 12.1 Å². The van der Waals surface area contributed by atoms with Crippen LogP contribution in [0, 0.1) is 13.5 Å². The maximum absolute atomic E-state index is 8.09. The fourth-order valence-electron chi connectivity index (χ4n) is 9.09. The van der Waals surface area contributed by atoms with E-state index in [-0.39, 0.29) is 6.71 Å². The molecule has 0 saturated heterocycles. The van der Waals surface area contributed by atoms with Gasteiger partial charge in [-0.15, -0.1) is 0 Å². The molecule has 7 aromatic rings. The van der Waals surface area contributed by atoms with Crippen molar-refractivity contribution in [3.63, 3.8) is 0 Å². The molecule has 0 atom stereocenters. The number of hydrogen-bond donors (Lipinski definition) is 1. The van der Waals surface area contributed by atoms with Gasteiger partial charge in [-0.1, -0.05) is 116 Å². The second-order valence-corrected chi connectivity index (χ2v) is 17.0. The van der Waals surface area contributed by atoms with Crippen LogP contribution in [0.3, 0.4) is 0 Å². The molecule has 1 N–H and O–H groups in total. The number of fused-ring (bicyclic) bond motifs is 7. The Morgan fingerprint density at radius 2 is 1.24 bits per heavy atom. The fraction of sp³-hybridized carbons (Fsp3) is 0.260. The Hall–Kier alpha value is -5.53. The fourth-order valence-corrected chi connectivity index (χ4v) is 9.09. The summed E-state index contributed by atoms with van der Waals surface area (Å²) >= 11 is 0. The molecule has 54 heavy (non-hydrogen) atoms. The summed E-state index contributed by atoms with van der Waals surface area (Å²) in [6, 6.07) is 36.8. The standard InChI is InChI=1S/C50H48BN3/c1-27(2)32-16-15-31(9)38(19-32)40-21-34(29(5)6)23-42-49(40)53-45-25-36(37-13-11-12-14-44(37)52-10)26-47-48(45)51(42)43-24-35(30(7)8)22-41-39-20-33(28(3)4)17-18-46(39)54(47)50(41)43/h11-30,53H,1-9H3. The summed E-state index contributed by atoms with van der Waals surface area (Å²) in [7, 11) is 0. The number of aryl methyl sites for hydroxylation is 1. The van der Waals surface area contributed by atoms with Crippen molar-refractivity contribution in [2.75, 3.05) is 5.32 Å². The summed E-state index contributed by atoms with van der Waals surface area (Å²) in [6.07, 6.45) is 0. The summed E-state index contributed by atoms with van der Waals surface area (Å²) in [6.45, 7) is 28.8. The van der Waals surface area contributed by atoms with E-state index < -0.39 is 0 Å². The highest BCUT2D eigenvalue weighted by atomic mass is 15.0. The molecule has 266 valence electrons. The zero-order valence-electron chi connectivity index (χ0n) is 33.0. The minimum atomic E-state index is 0.0324. The van der Waals surface area contributed by atoms with Crippen molar-refractivity contribution >= 4 is 62.0 Å². The van der Waals surface area contributed by atoms with Gasteiger partial charge in [-0.2, -0.15) is 0 Å². The van der Waals surface area contributed by atoms with Gasteiger partial charge in [-0.25, -0.2) is 4.85 Å². The van der Waals surface area contributed by atoms with Crippen molar-refractivity contribution in [1.29, 1.82) is 0 Å². The van der Waals surface area contributed by atoms with Crippen LogP contribution >= 0.6 is 0 Å². The Labute approximate surface area is 321 Å². The number of benzene rings is 6. The van der Waals surface area contributed by atoms with Crippen LogP contribution < -0.4 is 21.7 Å². The normalized spacial score (nSPS) is 12.9. The first kappa shape index (κ1) is 34.3. The van der Waals surface area contributed by atoms with Gasteiger partial charge in [0, 0.05) is 38.9 Å². The predicted octanol–water partition coefficient (Wildman–Crippen LogP) is 12.4. The summed E-state index contributed by atoms with van der Waals surface area (Å²) in [5.74, 6) is 1.60. The van der Waals surface area contributed by atoms with Crippen LogP contribution in [0.25, 0.3) is 54.6 Å². The predicted molar refractivity (Wildman–Crippen MR) is 233 cm³/mol. The molecular formula is C50H48BN3. The molecule has 4 heteroatoms. The Morgan fingerprint density at radius 1 is 0.611 bits per heavy atom. The molecule has 9 rings (SSSR count). The first-order valence-electron chi connectivity index (χ1n) is 19.8. The number of aromatic nitrogens is 1. The molecule has 3 nitrogen and oxygen atoms in total. The second kappa shape index (κ2) is 12.5. The zero-order valence-corrected chi connectivity index (χ0v) is 33.0. The Kier molecular flexibility index (Phi) is 7.95. The highest BCUT2D eigenvalue weighted by Crippen LogP contribution is 2.44. The van der Waals surface area contributed by atoms with E-state index in [0.717, 1.165) is 16.8 Å². The van der Waals surface area contributed by atoms with E-state index in [9.17, 15) is 0 Å². The molecular weight excluding hydrogens is 653 g/mol. The van der Waals surface area contributed by atoms with Gasteiger partial charge in [0.1, 0.15) is 0 Å². The Morgan fingerprint density at radius 3 is 1.96 bits per heavy atom. The van der Waals surface area contributed by atoms with E-state index in [4.69, 9.17) is 6.57 Å². The molecule has 0 bridgehead atoms. The van der Waals surface area contributed by atoms with Crippen LogP contribution in [0.4, 0.5) is 17.1 Å². The molecule has 0 aliphatic carbocycles. The van der Waals surface area contributed by atoms with Gasteiger partial charge in [0.05, 0.1) is 12.1 Å². The average molecular weight is 702 g/mol. The molecule has 0 radical (unpaired) electrons. The molecule has 3 heterocycles. The van der Waals surface area contributed by atoms with Crippen LogP contribution in [-0.2, 0) is 0 Å². The first-order valence-corrected chi connectivity index (χ1v) is 19.8. The average Bonchev–Trinajstić information content (AvgIpc) is 3.49. The maximum Gasteiger partial charge on any atom is 0.252 e. The van der Waals surface area contributed by atoms with Gasteiger partial charge >= 0.3 is 0 Å². The summed E-state index contributed by atoms with van der Waals surface area (Å²) in [5, 5.41) is 6.75. The molecule has 2 aliphatic heterocycles. The lowest BCUT2D eigenvalue weighted by Crippen LogP contribution is -2.59. The third kappa shape index (κ3) is 5.09.